The number of rotatable bonds is 7. The lowest BCUT2D eigenvalue weighted by Crippen LogP contribution is -1.97. The van der Waals surface area contributed by atoms with Gasteiger partial charge in [-0.1, -0.05) is 17.7 Å². The predicted molar refractivity (Wildman–Crippen MR) is 70.3 cm³/mol. The Kier molecular flexibility index (Phi) is 6.21. The van der Waals surface area contributed by atoms with E-state index in [1.54, 1.807) is 18.2 Å². The molecule has 0 aliphatic rings. The summed E-state index contributed by atoms with van der Waals surface area (Å²) in [5.41, 5.74) is 0.549. The Morgan fingerprint density at radius 2 is 2.18 bits per heavy atom. The van der Waals surface area contributed by atoms with Crippen LogP contribution in [-0.2, 0) is 0 Å². The highest BCUT2D eigenvalue weighted by atomic mass is 35.5. The smallest absolute Gasteiger partial charge is 0.137 e. The number of hydrogen-bond donors (Lipinski definition) is 0. The van der Waals surface area contributed by atoms with Crippen LogP contribution in [0.1, 0.15) is 31.2 Å². The molecule has 17 heavy (non-hydrogen) atoms. The molecule has 2 nitrogen and oxygen atoms in total. The number of benzene rings is 1. The summed E-state index contributed by atoms with van der Waals surface area (Å²) < 4.78 is 5.55. The zero-order chi connectivity index (χ0) is 12.5. The first-order valence-electron chi connectivity index (χ1n) is 5.71. The highest BCUT2D eigenvalue weighted by Crippen LogP contribution is 2.25. The summed E-state index contributed by atoms with van der Waals surface area (Å²) in [4.78, 5) is 0. The average molecular weight is 250 g/mol. The van der Waals surface area contributed by atoms with Gasteiger partial charge in [-0.3, -0.25) is 0 Å². The van der Waals surface area contributed by atoms with Gasteiger partial charge in [0.05, 0.1) is 23.3 Å². The number of unbranched alkanes of at least 4 members (excludes halogenated alkanes) is 3. The van der Waals surface area contributed by atoms with Crippen molar-refractivity contribution in [2.75, 3.05) is 6.61 Å². The Morgan fingerprint density at radius 1 is 1.35 bits per heavy atom. The van der Waals surface area contributed by atoms with E-state index in [0.717, 1.165) is 25.7 Å². The highest BCUT2D eigenvalue weighted by Gasteiger charge is 2.02. The van der Waals surface area contributed by atoms with Gasteiger partial charge >= 0.3 is 0 Å². The number of hydrogen-bond acceptors (Lipinski definition) is 2. The molecule has 0 aliphatic carbocycles. The minimum Gasteiger partial charge on any atom is -0.492 e. The molecule has 0 unspecified atom stereocenters. The molecule has 0 N–H and O–H groups in total. The first kappa shape index (κ1) is 13.6. The second-order valence-electron chi connectivity index (χ2n) is 3.74. The summed E-state index contributed by atoms with van der Waals surface area (Å²) in [5.74, 6) is 0.648. The van der Waals surface area contributed by atoms with Gasteiger partial charge in [-0.2, -0.15) is 5.26 Å². The zero-order valence-electron chi connectivity index (χ0n) is 9.79. The lowest BCUT2D eigenvalue weighted by molar-refractivity contribution is 0.305. The zero-order valence-corrected chi connectivity index (χ0v) is 10.5. The maximum absolute atomic E-state index is 8.69. The van der Waals surface area contributed by atoms with Crippen molar-refractivity contribution in [1.82, 2.24) is 0 Å². The standard InChI is InChI=1S/C14H16ClNO/c1-2-3-4-5-6-9-17-14-8-7-12(11-16)10-13(14)15/h2,7-8,10H,1,3-6,9H2. The predicted octanol–water partition coefficient (Wildman–Crippen LogP) is 4.34. The minimum absolute atomic E-state index is 0.496. The Morgan fingerprint density at radius 3 is 2.82 bits per heavy atom. The van der Waals surface area contributed by atoms with Crippen LogP contribution in [0, 0.1) is 11.3 Å². The largest absolute Gasteiger partial charge is 0.492 e. The van der Waals surface area contributed by atoms with Crippen molar-refractivity contribution >= 4 is 11.6 Å². The summed E-state index contributed by atoms with van der Waals surface area (Å²) in [6.07, 6.45) is 6.26. The minimum atomic E-state index is 0.496. The van der Waals surface area contributed by atoms with E-state index in [9.17, 15) is 0 Å². The molecular weight excluding hydrogens is 234 g/mol. The summed E-state index contributed by atoms with van der Waals surface area (Å²) in [5, 5.41) is 9.19. The van der Waals surface area contributed by atoms with Crippen LogP contribution in [0.5, 0.6) is 5.75 Å². The Balaban J connectivity index is 2.32. The molecule has 3 heteroatoms. The second-order valence-corrected chi connectivity index (χ2v) is 4.15. The average Bonchev–Trinajstić information content (AvgIpc) is 2.35. The molecule has 90 valence electrons. The normalized spacial score (nSPS) is 9.65. The summed E-state index contributed by atoms with van der Waals surface area (Å²) >= 11 is 5.98. The monoisotopic (exact) mass is 249 g/mol. The van der Waals surface area contributed by atoms with Gasteiger partial charge in [-0.15, -0.1) is 6.58 Å². The van der Waals surface area contributed by atoms with Crippen molar-refractivity contribution in [2.45, 2.75) is 25.7 Å². The third kappa shape index (κ3) is 4.93. The highest BCUT2D eigenvalue weighted by molar-refractivity contribution is 6.32. The molecule has 0 amide bonds. The Bertz CT molecular complexity index is 409. The fourth-order valence-corrected chi connectivity index (χ4v) is 1.67. The van der Waals surface area contributed by atoms with E-state index in [1.807, 2.05) is 12.1 Å². The van der Waals surface area contributed by atoms with Crippen LogP contribution < -0.4 is 4.74 Å². The molecule has 0 aromatic heterocycles. The molecule has 0 spiro atoms. The van der Waals surface area contributed by atoms with E-state index < -0.39 is 0 Å². The topological polar surface area (TPSA) is 33.0 Å². The van der Waals surface area contributed by atoms with Gasteiger partial charge in [-0.25, -0.2) is 0 Å². The fraction of sp³-hybridized carbons (Fsp3) is 0.357. The first-order chi connectivity index (χ1) is 8.27. The summed E-state index contributed by atoms with van der Waals surface area (Å²) in [6, 6.07) is 7.10. The van der Waals surface area contributed by atoms with E-state index in [4.69, 9.17) is 21.6 Å². The van der Waals surface area contributed by atoms with Crippen LogP contribution in [-0.4, -0.2) is 6.61 Å². The van der Waals surface area contributed by atoms with Gasteiger partial charge in [0.15, 0.2) is 0 Å². The molecule has 0 atom stereocenters. The SMILES string of the molecule is C=CCCCCCOc1ccc(C#N)cc1Cl. The van der Waals surface area contributed by atoms with Crippen LogP contribution in [0.4, 0.5) is 0 Å². The van der Waals surface area contributed by atoms with Gasteiger partial charge in [0.25, 0.3) is 0 Å². The van der Waals surface area contributed by atoms with Crippen molar-refractivity contribution in [1.29, 1.82) is 5.26 Å². The molecular formula is C14H16ClNO. The number of ether oxygens (including phenoxy) is 1. The van der Waals surface area contributed by atoms with Gasteiger partial charge in [-0.05, 0) is 43.9 Å². The molecule has 0 fully saturated rings. The van der Waals surface area contributed by atoms with Crippen LogP contribution in [0.25, 0.3) is 0 Å². The summed E-state index contributed by atoms with van der Waals surface area (Å²) in [6.45, 7) is 4.33. The van der Waals surface area contributed by atoms with Crippen LogP contribution in [0.2, 0.25) is 5.02 Å². The van der Waals surface area contributed by atoms with Crippen LogP contribution >= 0.6 is 11.6 Å². The third-order valence-electron chi connectivity index (χ3n) is 2.37. The van der Waals surface area contributed by atoms with Crippen molar-refractivity contribution in [2.24, 2.45) is 0 Å². The van der Waals surface area contributed by atoms with Crippen molar-refractivity contribution < 1.29 is 4.74 Å². The molecule has 0 heterocycles. The molecule has 0 aliphatic heterocycles. The molecule has 0 radical (unpaired) electrons. The second kappa shape index (κ2) is 7.76. The molecule has 0 saturated carbocycles. The van der Waals surface area contributed by atoms with Crippen molar-refractivity contribution in [3.63, 3.8) is 0 Å². The van der Waals surface area contributed by atoms with E-state index >= 15 is 0 Å². The lowest BCUT2D eigenvalue weighted by Gasteiger charge is -2.07. The van der Waals surface area contributed by atoms with Gasteiger partial charge in [0, 0.05) is 0 Å². The van der Waals surface area contributed by atoms with Gasteiger partial charge in [0.1, 0.15) is 5.75 Å². The Labute approximate surface area is 107 Å². The maximum atomic E-state index is 8.69. The van der Waals surface area contributed by atoms with Crippen molar-refractivity contribution in [3.05, 3.63) is 41.4 Å². The quantitative estimate of drug-likeness (QED) is 0.532. The van der Waals surface area contributed by atoms with Crippen LogP contribution in [0.15, 0.2) is 30.9 Å². The molecule has 1 aromatic carbocycles. The fourth-order valence-electron chi connectivity index (χ4n) is 1.44. The van der Waals surface area contributed by atoms with E-state index in [0.29, 0.717) is 22.9 Å². The van der Waals surface area contributed by atoms with E-state index in [-0.39, 0.29) is 0 Å². The molecule has 0 bridgehead atoms. The number of nitriles is 1. The van der Waals surface area contributed by atoms with Crippen molar-refractivity contribution in [3.8, 4) is 11.8 Å². The third-order valence-corrected chi connectivity index (χ3v) is 2.67. The molecule has 1 aromatic rings. The van der Waals surface area contributed by atoms with Gasteiger partial charge < -0.3 is 4.74 Å². The maximum Gasteiger partial charge on any atom is 0.137 e. The number of nitrogens with zero attached hydrogens (tertiary/aromatic N) is 1. The lowest BCUT2D eigenvalue weighted by atomic mass is 10.2. The summed E-state index contributed by atoms with van der Waals surface area (Å²) in [7, 11) is 0. The first-order valence-corrected chi connectivity index (χ1v) is 6.09. The van der Waals surface area contributed by atoms with E-state index in [2.05, 4.69) is 6.58 Å². The van der Waals surface area contributed by atoms with E-state index in [1.165, 1.54) is 0 Å². The Hall–Kier alpha value is -1.46. The number of allylic oxidation sites excluding steroid dienone is 1. The van der Waals surface area contributed by atoms with Crippen LogP contribution in [0.3, 0.4) is 0 Å². The van der Waals surface area contributed by atoms with Gasteiger partial charge in [0.2, 0.25) is 0 Å². The molecule has 0 saturated heterocycles. The number of halogens is 1. The molecule has 1 rings (SSSR count).